The van der Waals surface area contributed by atoms with Gasteiger partial charge in [0.2, 0.25) is 5.79 Å². The molecule has 0 amide bonds. The van der Waals surface area contributed by atoms with Gasteiger partial charge in [-0.15, -0.1) is 0 Å². The molecular weight excluding hydrogens is 252 g/mol. The molecule has 6 nitrogen and oxygen atoms in total. The van der Waals surface area contributed by atoms with Gasteiger partial charge < -0.3 is 25.5 Å². The van der Waals surface area contributed by atoms with Crippen molar-refractivity contribution in [3.63, 3.8) is 0 Å². The fourth-order valence-electron chi connectivity index (χ4n) is 1.74. The van der Waals surface area contributed by atoms with E-state index in [4.69, 9.17) is 5.11 Å². The van der Waals surface area contributed by atoms with E-state index in [1.54, 1.807) is 0 Å². The van der Waals surface area contributed by atoms with Crippen LogP contribution in [0, 0.1) is 0 Å². The van der Waals surface area contributed by atoms with E-state index >= 15 is 0 Å². The van der Waals surface area contributed by atoms with E-state index in [-0.39, 0.29) is 16.9 Å². The van der Waals surface area contributed by atoms with Gasteiger partial charge in [0.05, 0.1) is 0 Å². The fraction of sp³-hybridized carbons (Fsp3) is 0.154. The van der Waals surface area contributed by atoms with Gasteiger partial charge >= 0.3 is 0 Å². The summed E-state index contributed by atoms with van der Waals surface area (Å²) in [6.07, 6.45) is 1.64. The van der Waals surface area contributed by atoms with Crippen molar-refractivity contribution < 1.29 is 30.3 Å². The lowest BCUT2D eigenvalue weighted by Crippen LogP contribution is -2.44. The van der Waals surface area contributed by atoms with Gasteiger partial charge in [-0.2, -0.15) is 0 Å². The summed E-state index contributed by atoms with van der Waals surface area (Å²) in [5.74, 6) is -4.06. The molecule has 0 saturated carbocycles. The van der Waals surface area contributed by atoms with Crippen LogP contribution in [0.2, 0.25) is 0 Å². The SMILES string of the molecule is O=C(C1=CC=CC(O)(O)C1O)c1ccc(O)c(O)c1. The molecule has 1 aliphatic carbocycles. The summed E-state index contributed by atoms with van der Waals surface area (Å²) in [7, 11) is 0. The van der Waals surface area contributed by atoms with E-state index in [0.29, 0.717) is 0 Å². The Balaban J connectivity index is 2.37. The monoisotopic (exact) mass is 264 g/mol. The van der Waals surface area contributed by atoms with Crippen molar-refractivity contribution in [1.29, 1.82) is 0 Å². The first-order valence-corrected chi connectivity index (χ1v) is 5.42. The highest BCUT2D eigenvalue weighted by atomic mass is 16.5. The molecule has 100 valence electrons. The van der Waals surface area contributed by atoms with Crippen LogP contribution in [-0.2, 0) is 0 Å². The van der Waals surface area contributed by atoms with Gasteiger partial charge in [-0.25, -0.2) is 0 Å². The normalized spacial score (nSPS) is 21.0. The smallest absolute Gasteiger partial charge is 0.214 e. The molecule has 2 rings (SSSR count). The summed E-state index contributed by atoms with van der Waals surface area (Å²) < 4.78 is 0. The molecule has 6 heteroatoms. The van der Waals surface area contributed by atoms with Crippen LogP contribution in [0.25, 0.3) is 0 Å². The molecule has 0 heterocycles. The minimum atomic E-state index is -2.52. The Kier molecular flexibility index (Phi) is 3.15. The first-order chi connectivity index (χ1) is 8.83. The van der Waals surface area contributed by atoms with Crippen LogP contribution in [0.4, 0.5) is 0 Å². The predicted molar refractivity (Wildman–Crippen MR) is 64.5 cm³/mol. The molecule has 1 aromatic carbocycles. The molecule has 0 fully saturated rings. The number of hydrogen-bond donors (Lipinski definition) is 5. The highest BCUT2D eigenvalue weighted by Crippen LogP contribution is 2.29. The molecule has 0 spiro atoms. The average Bonchev–Trinajstić information content (AvgIpc) is 2.35. The Labute approximate surface area is 108 Å². The molecule has 5 N–H and O–H groups in total. The van der Waals surface area contributed by atoms with E-state index in [1.807, 2.05) is 0 Å². The number of phenols is 2. The number of carbonyl (C=O) groups excluding carboxylic acids is 1. The first kappa shape index (κ1) is 13.3. The van der Waals surface area contributed by atoms with Gasteiger partial charge in [-0.05, 0) is 24.3 Å². The molecule has 0 aromatic heterocycles. The van der Waals surface area contributed by atoms with E-state index < -0.39 is 23.4 Å². The van der Waals surface area contributed by atoms with E-state index in [2.05, 4.69) is 0 Å². The zero-order valence-corrected chi connectivity index (χ0v) is 9.69. The van der Waals surface area contributed by atoms with Gasteiger partial charge in [0, 0.05) is 11.1 Å². The molecular formula is C13H12O6. The van der Waals surface area contributed by atoms with Crippen LogP contribution < -0.4 is 0 Å². The number of Topliss-reactive ketones (excluding diaryl/α,β-unsaturated/α-hetero) is 1. The maximum atomic E-state index is 12.1. The number of rotatable bonds is 2. The molecule has 0 bridgehead atoms. The number of hydrogen-bond acceptors (Lipinski definition) is 6. The number of aliphatic hydroxyl groups is 3. The quantitative estimate of drug-likeness (QED) is 0.287. The summed E-state index contributed by atoms with van der Waals surface area (Å²) in [4.78, 5) is 12.1. The lowest BCUT2D eigenvalue weighted by atomic mass is 9.90. The van der Waals surface area contributed by atoms with Gasteiger partial charge in [-0.1, -0.05) is 12.2 Å². The van der Waals surface area contributed by atoms with Crippen molar-refractivity contribution in [2.75, 3.05) is 0 Å². The highest BCUT2D eigenvalue weighted by molar-refractivity contribution is 6.10. The number of aromatic hydroxyl groups is 2. The highest BCUT2D eigenvalue weighted by Gasteiger charge is 2.38. The number of phenolic OH excluding ortho intramolecular Hbond substituents is 2. The molecule has 0 aliphatic heterocycles. The second-order valence-corrected chi connectivity index (χ2v) is 4.20. The molecule has 1 unspecified atom stereocenters. The number of ketones is 1. The summed E-state index contributed by atoms with van der Waals surface area (Å²) in [6.45, 7) is 0. The minimum Gasteiger partial charge on any atom is -0.504 e. The Morgan fingerprint density at radius 1 is 1.16 bits per heavy atom. The standard InChI is InChI=1S/C13H12O6/c14-9-4-3-7(6-10(9)15)11(16)8-2-1-5-13(18,19)12(8)17/h1-6,12,14-15,17-19H. The van der Waals surface area contributed by atoms with Crippen LogP contribution in [0.5, 0.6) is 11.5 Å². The number of aliphatic hydroxyl groups excluding tert-OH is 1. The lowest BCUT2D eigenvalue weighted by Gasteiger charge is -2.28. The largest absolute Gasteiger partial charge is 0.504 e. The van der Waals surface area contributed by atoms with Crippen molar-refractivity contribution in [1.82, 2.24) is 0 Å². The second kappa shape index (κ2) is 4.51. The van der Waals surface area contributed by atoms with Gasteiger partial charge in [0.1, 0.15) is 6.10 Å². The third kappa shape index (κ3) is 2.37. The fourth-order valence-corrected chi connectivity index (χ4v) is 1.74. The molecule has 1 aliphatic rings. The molecule has 19 heavy (non-hydrogen) atoms. The van der Waals surface area contributed by atoms with Crippen molar-refractivity contribution in [2.24, 2.45) is 0 Å². The summed E-state index contributed by atoms with van der Waals surface area (Å²) in [5.41, 5.74) is -0.218. The predicted octanol–water partition coefficient (Wildman–Crippen LogP) is -0.182. The Morgan fingerprint density at radius 2 is 1.84 bits per heavy atom. The number of allylic oxidation sites excluding steroid dienone is 2. The molecule has 1 atom stereocenters. The first-order valence-electron chi connectivity index (χ1n) is 5.42. The Morgan fingerprint density at radius 3 is 2.47 bits per heavy atom. The summed E-state index contributed by atoms with van der Waals surface area (Å²) >= 11 is 0. The Bertz CT molecular complexity index is 585. The van der Waals surface area contributed by atoms with E-state index in [0.717, 1.165) is 18.2 Å². The zero-order valence-electron chi connectivity index (χ0n) is 9.69. The van der Waals surface area contributed by atoms with Crippen LogP contribution in [0.3, 0.4) is 0 Å². The third-order valence-corrected chi connectivity index (χ3v) is 2.81. The minimum absolute atomic E-state index is 0.00620. The molecule has 0 saturated heterocycles. The summed E-state index contributed by atoms with van der Waals surface area (Å²) in [5, 5.41) is 47.1. The average molecular weight is 264 g/mol. The summed E-state index contributed by atoms with van der Waals surface area (Å²) in [6, 6.07) is 3.40. The van der Waals surface area contributed by atoms with Crippen LogP contribution >= 0.6 is 0 Å². The van der Waals surface area contributed by atoms with Crippen LogP contribution in [0.1, 0.15) is 10.4 Å². The lowest BCUT2D eigenvalue weighted by molar-refractivity contribution is -0.176. The second-order valence-electron chi connectivity index (χ2n) is 4.20. The third-order valence-electron chi connectivity index (χ3n) is 2.81. The van der Waals surface area contributed by atoms with Crippen LogP contribution in [0.15, 0.2) is 42.0 Å². The molecule has 1 aromatic rings. The van der Waals surface area contributed by atoms with Crippen molar-refractivity contribution in [2.45, 2.75) is 11.9 Å². The number of benzene rings is 1. The topological polar surface area (TPSA) is 118 Å². The maximum absolute atomic E-state index is 12.1. The van der Waals surface area contributed by atoms with Gasteiger partial charge in [0.25, 0.3) is 0 Å². The number of carbonyl (C=O) groups is 1. The van der Waals surface area contributed by atoms with E-state index in [1.165, 1.54) is 18.2 Å². The van der Waals surface area contributed by atoms with Crippen molar-refractivity contribution in [3.8, 4) is 11.5 Å². The van der Waals surface area contributed by atoms with Crippen molar-refractivity contribution in [3.05, 3.63) is 47.6 Å². The Hall–Kier alpha value is -2.15. The molecule has 0 radical (unpaired) electrons. The van der Waals surface area contributed by atoms with Crippen LogP contribution in [-0.4, -0.2) is 43.2 Å². The maximum Gasteiger partial charge on any atom is 0.214 e. The van der Waals surface area contributed by atoms with Gasteiger partial charge in [-0.3, -0.25) is 4.79 Å². The zero-order chi connectivity index (χ0) is 14.2. The van der Waals surface area contributed by atoms with E-state index in [9.17, 15) is 25.2 Å². The van der Waals surface area contributed by atoms with Gasteiger partial charge in [0.15, 0.2) is 17.3 Å². The van der Waals surface area contributed by atoms with Crippen molar-refractivity contribution >= 4 is 5.78 Å².